The smallest absolute Gasteiger partial charge is 0.270 e. The van der Waals surface area contributed by atoms with Gasteiger partial charge in [0.15, 0.2) is 0 Å². The molecule has 0 amide bonds. The molecule has 0 fully saturated rings. The second-order valence-corrected chi connectivity index (χ2v) is 5.49. The second-order valence-electron chi connectivity index (χ2n) is 3.28. The molecule has 0 spiro atoms. The quantitative estimate of drug-likeness (QED) is 0.839. The average molecular weight is 266 g/mol. The maximum atomic E-state index is 11.0. The lowest BCUT2D eigenvalue weighted by molar-refractivity contribution is 0.0967. The fourth-order valence-electron chi connectivity index (χ4n) is 1.26. The molecular weight excluding hydrogens is 254 g/mol. The number of hydrogen-bond donors (Lipinski definition) is 1. The van der Waals surface area contributed by atoms with E-state index in [0.29, 0.717) is 10.7 Å². The van der Waals surface area contributed by atoms with E-state index in [1.807, 2.05) is 0 Å². The molecule has 1 rings (SSSR count). The van der Waals surface area contributed by atoms with Crippen molar-refractivity contribution in [2.45, 2.75) is 18.3 Å². The molecule has 2 atom stereocenters. The molecule has 0 radical (unpaired) electrons. The Labute approximate surface area is 99.2 Å². The molecule has 90 valence electrons. The van der Waals surface area contributed by atoms with Gasteiger partial charge in [-0.1, -0.05) is 11.6 Å². The van der Waals surface area contributed by atoms with Crippen molar-refractivity contribution in [3.63, 3.8) is 0 Å². The van der Waals surface area contributed by atoms with Gasteiger partial charge in [-0.15, -0.1) is 0 Å². The minimum absolute atomic E-state index is 0.400. The maximum Gasteiger partial charge on any atom is 0.270 e. The summed E-state index contributed by atoms with van der Waals surface area (Å²) >= 11 is 5.66. The van der Waals surface area contributed by atoms with Crippen molar-refractivity contribution in [2.24, 2.45) is 0 Å². The Balaban J connectivity index is 3.03. The molecule has 0 unspecified atom stereocenters. The summed E-state index contributed by atoms with van der Waals surface area (Å²) in [5.41, 5.74) is 0.400. The molecule has 1 aromatic rings. The third-order valence-electron chi connectivity index (χ3n) is 2.19. The molecule has 16 heavy (non-hydrogen) atoms. The Morgan fingerprint density at radius 3 is 2.50 bits per heavy atom. The summed E-state index contributed by atoms with van der Waals surface area (Å²) < 4.78 is 35.9. The largest absolute Gasteiger partial charge is 0.374 e. The summed E-state index contributed by atoms with van der Waals surface area (Å²) in [4.78, 5) is 3.95. The van der Waals surface area contributed by atoms with Gasteiger partial charge in [0, 0.05) is 13.3 Å². The molecule has 7 heteroatoms. The number of methoxy groups -OCH3 is 1. The highest BCUT2D eigenvalue weighted by Crippen LogP contribution is 2.23. The number of hydrogen-bond acceptors (Lipinski definition) is 4. The number of halogens is 1. The summed E-state index contributed by atoms with van der Waals surface area (Å²) in [7, 11) is -2.82. The fraction of sp³-hybridized carbons (Fsp3) is 0.444. The number of aromatic nitrogens is 1. The van der Waals surface area contributed by atoms with Gasteiger partial charge >= 0.3 is 0 Å². The van der Waals surface area contributed by atoms with Crippen molar-refractivity contribution in [1.29, 1.82) is 0 Å². The zero-order chi connectivity index (χ0) is 12.3. The molecular formula is C9H12ClNO4S. The Morgan fingerprint density at radius 2 is 2.12 bits per heavy atom. The van der Waals surface area contributed by atoms with Crippen LogP contribution in [0.2, 0.25) is 5.02 Å². The van der Waals surface area contributed by atoms with Crippen LogP contribution in [-0.2, 0) is 14.9 Å². The van der Waals surface area contributed by atoms with Crippen LogP contribution in [0.1, 0.15) is 18.7 Å². The third kappa shape index (κ3) is 3.15. The topological polar surface area (TPSA) is 76.5 Å². The van der Waals surface area contributed by atoms with Crippen LogP contribution in [0.25, 0.3) is 0 Å². The first-order valence-electron chi connectivity index (χ1n) is 4.47. The van der Waals surface area contributed by atoms with Crippen LogP contribution in [0.4, 0.5) is 0 Å². The summed E-state index contributed by atoms with van der Waals surface area (Å²) in [5, 5.41) is -0.649. The zero-order valence-corrected chi connectivity index (χ0v) is 10.4. The van der Waals surface area contributed by atoms with E-state index in [4.69, 9.17) is 20.9 Å². The summed E-state index contributed by atoms with van der Waals surface area (Å²) in [5.74, 6) is 0. The van der Waals surface area contributed by atoms with Gasteiger partial charge in [0.2, 0.25) is 0 Å². The summed E-state index contributed by atoms with van der Waals surface area (Å²) in [6.07, 6.45) is 0.562. The number of nitrogens with zero attached hydrogens (tertiary/aromatic N) is 1. The van der Waals surface area contributed by atoms with Crippen LogP contribution >= 0.6 is 11.6 Å². The molecule has 0 aliphatic heterocycles. The molecule has 0 saturated carbocycles. The van der Waals surface area contributed by atoms with Crippen LogP contribution in [0.15, 0.2) is 18.3 Å². The van der Waals surface area contributed by atoms with Gasteiger partial charge in [-0.2, -0.15) is 8.42 Å². The molecule has 0 bridgehead atoms. The average Bonchev–Trinajstić information content (AvgIpc) is 2.20. The number of ether oxygens (including phenoxy) is 1. The first-order chi connectivity index (χ1) is 7.36. The van der Waals surface area contributed by atoms with E-state index in [-0.39, 0.29) is 0 Å². The predicted octanol–water partition coefficient (Wildman–Crippen LogP) is 1.70. The van der Waals surface area contributed by atoms with Crippen molar-refractivity contribution in [1.82, 2.24) is 4.98 Å². The van der Waals surface area contributed by atoms with Crippen molar-refractivity contribution in [3.05, 3.63) is 29.0 Å². The van der Waals surface area contributed by atoms with Crippen LogP contribution in [0.5, 0.6) is 0 Å². The first kappa shape index (κ1) is 13.4. The standard InChI is InChI=1S/C9H12ClNO4S/c1-6(16(12,13)14)9(15-2)8-4-3-7(10)5-11-8/h3-6,9H,1-2H3,(H,12,13,14)/t6-,9-/m0/s1. The van der Waals surface area contributed by atoms with Crippen molar-refractivity contribution < 1.29 is 17.7 Å². The van der Waals surface area contributed by atoms with Crippen LogP contribution in [-0.4, -0.2) is 30.3 Å². The van der Waals surface area contributed by atoms with Crippen molar-refractivity contribution in [2.75, 3.05) is 7.11 Å². The van der Waals surface area contributed by atoms with Gasteiger partial charge in [0.1, 0.15) is 11.4 Å². The first-order valence-corrected chi connectivity index (χ1v) is 6.35. The van der Waals surface area contributed by atoms with E-state index in [1.54, 1.807) is 12.1 Å². The normalized spacial score (nSPS) is 15.8. The lowest BCUT2D eigenvalue weighted by Gasteiger charge is -2.19. The van der Waals surface area contributed by atoms with Crippen LogP contribution in [0.3, 0.4) is 0 Å². The Kier molecular flexibility index (Phi) is 4.26. The minimum atomic E-state index is -4.17. The molecule has 1 N–H and O–H groups in total. The summed E-state index contributed by atoms with van der Waals surface area (Å²) in [6, 6.07) is 3.13. The second kappa shape index (κ2) is 5.09. The van der Waals surface area contributed by atoms with Gasteiger partial charge in [0.25, 0.3) is 10.1 Å². The molecule has 0 aliphatic carbocycles. The minimum Gasteiger partial charge on any atom is -0.374 e. The van der Waals surface area contributed by atoms with Crippen LogP contribution in [0, 0.1) is 0 Å². The van der Waals surface area contributed by atoms with Gasteiger partial charge in [0.05, 0.1) is 10.7 Å². The van der Waals surface area contributed by atoms with Gasteiger partial charge < -0.3 is 4.74 Å². The van der Waals surface area contributed by atoms with E-state index in [0.717, 1.165) is 0 Å². The Hall–Kier alpha value is -0.690. The van der Waals surface area contributed by atoms with E-state index in [2.05, 4.69) is 4.98 Å². The molecule has 5 nitrogen and oxygen atoms in total. The SMILES string of the molecule is CO[C@H](c1ccc(Cl)cn1)[C@H](C)S(=O)(=O)O. The lowest BCUT2D eigenvalue weighted by atomic mass is 10.2. The van der Waals surface area contributed by atoms with E-state index in [9.17, 15) is 8.42 Å². The van der Waals surface area contributed by atoms with Crippen LogP contribution < -0.4 is 0 Å². The Bertz CT molecular complexity index is 445. The highest BCUT2D eigenvalue weighted by Gasteiger charge is 2.30. The van der Waals surface area contributed by atoms with Gasteiger partial charge in [-0.05, 0) is 19.1 Å². The van der Waals surface area contributed by atoms with Crippen molar-refractivity contribution in [3.8, 4) is 0 Å². The highest BCUT2D eigenvalue weighted by molar-refractivity contribution is 7.86. The number of pyridine rings is 1. The van der Waals surface area contributed by atoms with E-state index >= 15 is 0 Å². The highest BCUT2D eigenvalue weighted by atomic mass is 35.5. The fourth-order valence-corrected chi connectivity index (χ4v) is 1.94. The van der Waals surface area contributed by atoms with Gasteiger partial charge in [-0.3, -0.25) is 9.54 Å². The monoisotopic (exact) mass is 265 g/mol. The van der Waals surface area contributed by atoms with Gasteiger partial charge in [-0.25, -0.2) is 0 Å². The third-order valence-corrected chi connectivity index (χ3v) is 3.60. The van der Waals surface area contributed by atoms with Crippen molar-refractivity contribution >= 4 is 21.7 Å². The number of rotatable bonds is 4. The molecule has 1 heterocycles. The molecule has 0 aliphatic rings. The molecule has 0 saturated heterocycles. The van der Waals surface area contributed by atoms with E-state index in [1.165, 1.54) is 20.2 Å². The molecule has 1 aromatic heterocycles. The Morgan fingerprint density at radius 1 is 1.50 bits per heavy atom. The van der Waals surface area contributed by atoms with E-state index < -0.39 is 21.5 Å². The maximum absolute atomic E-state index is 11.0. The molecule has 0 aromatic carbocycles. The predicted molar refractivity (Wildman–Crippen MR) is 60.0 cm³/mol. The summed E-state index contributed by atoms with van der Waals surface area (Å²) in [6.45, 7) is 1.35. The zero-order valence-electron chi connectivity index (χ0n) is 8.79. The lowest BCUT2D eigenvalue weighted by Crippen LogP contribution is -2.26.